The highest BCUT2D eigenvalue weighted by Gasteiger charge is 2.10. The normalized spacial score (nSPS) is 10.2. The van der Waals surface area contributed by atoms with Crippen LogP contribution in [0.25, 0.3) is 0 Å². The van der Waals surface area contributed by atoms with Gasteiger partial charge in [-0.15, -0.1) is 0 Å². The van der Waals surface area contributed by atoms with Gasteiger partial charge in [0, 0.05) is 12.1 Å². The van der Waals surface area contributed by atoms with Gasteiger partial charge in [-0.2, -0.15) is 0 Å². The first kappa shape index (κ1) is 13.6. The van der Waals surface area contributed by atoms with Crippen LogP contribution in [0.5, 0.6) is 5.75 Å². The zero-order valence-corrected chi connectivity index (χ0v) is 11.1. The molecule has 5 nitrogen and oxygen atoms in total. The largest absolute Gasteiger partial charge is 0.486 e. The highest BCUT2D eigenvalue weighted by Crippen LogP contribution is 2.29. The number of pyridine rings is 1. The molecule has 1 heterocycles. The van der Waals surface area contributed by atoms with Gasteiger partial charge in [-0.3, -0.25) is 10.1 Å². The number of hydrogen-bond donors (Lipinski definition) is 0. The third-order valence-electron chi connectivity index (χ3n) is 2.27. The zero-order chi connectivity index (χ0) is 13.8. The highest BCUT2D eigenvalue weighted by atomic mass is 35.5. The lowest BCUT2D eigenvalue weighted by Gasteiger charge is -2.07. The van der Waals surface area contributed by atoms with Crippen LogP contribution in [-0.4, -0.2) is 9.91 Å². The molecule has 0 saturated heterocycles. The second kappa shape index (κ2) is 5.86. The fraction of sp³-hybridized carbons (Fsp3) is 0.0833. The third kappa shape index (κ3) is 3.56. The van der Waals surface area contributed by atoms with Crippen LogP contribution in [0.3, 0.4) is 0 Å². The summed E-state index contributed by atoms with van der Waals surface area (Å²) in [5, 5.41) is 11.1. The summed E-state index contributed by atoms with van der Waals surface area (Å²) in [5.74, 6) is 0.356. The van der Waals surface area contributed by atoms with Crippen molar-refractivity contribution in [1.82, 2.24) is 4.98 Å². The molecule has 19 heavy (non-hydrogen) atoms. The van der Waals surface area contributed by atoms with Crippen LogP contribution in [0.4, 0.5) is 5.69 Å². The molecule has 0 spiro atoms. The molecule has 0 radical (unpaired) electrons. The lowest BCUT2D eigenvalue weighted by molar-refractivity contribution is -0.384. The van der Waals surface area contributed by atoms with Crippen molar-refractivity contribution in [2.24, 2.45) is 0 Å². The molecule has 0 unspecified atom stereocenters. The molecule has 0 saturated carbocycles. The molecule has 0 aliphatic rings. The standard InChI is InChI=1S/C12H8Cl2N2O3/c13-10-6-9(16(17)18)4-5-11(10)19-7-8-2-1-3-12(14)15-8/h1-6H,7H2. The Hall–Kier alpha value is -1.85. The Morgan fingerprint density at radius 1 is 1.26 bits per heavy atom. The van der Waals surface area contributed by atoms with Gasteiger partial charge in [-0.25, -0.2) is 4.98 Å². The van der Waals surface area contributed by atoms with Crippen molar-refractivity contribution < 1.29 is 9.66 Å². The minimum Gasteiger partial charge on any atom is -0.486 e. The number of ether oxygens (including phenoxy) is 1. The molecular formula is C12H8Cl2N2O3. The Kier molecular flexibility index (Phi) is 4.19. The summed E-state index contributed by atoms with van der Waals surface area (Å²) in [4.78, 5) is 14.1. The first-order valence-corrected chi connectivity index (χ1v) is 6.00. The number of nitro benzene ring substituents is 1. The van der Waals surface area contributed by atoms with Crippen molar-refractivity contribution in [3.63, 3.8) is 0 Å². The van der Waals surface area contributed by atoms with Crippen molar-refractivity contribution in [2.45, 2.75) is 6.61 Å². The molecule has 1 aromatic carbocycles. The maximum atomic E-state index is 10.6. The summed E-state index contributed by atoms with van der Waals surface area (Å²) in [6.07, 6.45) is 0. The molecule has 0 fully saturated rings. The third-order valence-corrected chi connectivity index (χ3v) is 2.78. The monoisotopic (exact) mass is 298 g/mol. The smallest absolute Gasteiger partial charge is 0.271 e. The minimum atomic E-state index is -0.520. The summed E-state index contributed by atoms with van der Waals surface area (Å²) in [6, 6.07) is 9.18. The molecule has 0 aliphatic carbocycles. The SMILES string of the molecule is O=[N+]([O-])c1ccc(OCc2cccc(Cl)n2)c(Cl)c1. The maximum absolute atomic E-state index is 10.6. The van der Waals surface area contributed by atoms with E-state index in [0.717, 1.165) is 0 Å². The number of benzene rings is 1. The molecule has 0 bridgehead atoms. The molecule has 0 atom stereocenters. The molecule has 7 heteroatoms. The lowest BCUT2D eigenvalue weighted by Crippen LogP contribution is -1.99. The van der Waals surface area contributed by atoms with E-state index in [4.69, 9.17) is 27.9 Å². The lowest BCUT2D eigenvalue weighted by atomic mass is 10.3. The summed E-state index contributed by atoms with van der Waals surface area (Å²) < 4.78 is 5.44. The number of aromatic nitrogens is 1. The fourth-order valence-corrected chi connectivity index (χ4v) is 1.81. The zero-order valence-electron chi connectivity index (χ0n) is 9.55. The van der Waals surface area contributed by atoms with E-state index in [1.165, 1.54) is 18.2 Å². The Bertz CT molecular complexity index is 620. The van der Waals surface area contributed by atoms with Gasteiger partial charge in [0.1, 0.15) is 17.5 Å². The fourth-order valence-electron chi connectivity index (χ4n) is 1.40. The van der Waals surface area contributed by atoms with E-state index < -0.39 is 4.92 Å². The molecule has 0 N–H and O–H groups in total. The van der Waals surface area contributed by atoms with E-state index in [2.05, 4.69) is 4.98 Å². The maximum Gasteiger partial charge on any atom is 0.271 e. The molecule has 2 rings (SSSR count). The van der Waals surface area contributed by atoms with Crippen molar-refractivity contribution in [3.05, 3.63) is 62.4 Å². The van der Waals surface area contributed by atoms with Crippen LogP contribution in [0, 0.1) is 10.1 Å². The number of nitro groups is 1. The number of halogens is 2. The van der Waals surface area contributed by atoms with E-state index in [1.807, 2.05) is 0 Å². The van der Waals surface area contributed by atoms with E-state index in [-0.39, 0.29) is 17.3 Å². The summed E-state index contributed by atoms with van der Waals surface area (Å²) in [5.41, 5.74) is 0.556. The van der Waals surface area contributed by atoms with Gasteiger partial charge in [0.2, 0.25) is 0 Å². The van der Waals surface area contributed by atoms with E-state index >= 15 is 0 Å². The van der Waals surface area contributed by atoms with Crippen molar-refractivity contribution in [2.75, 3.05) is 0 Å². The number of nitrogens with zero attached hydrogens (tertiary/aromatic N) is 2. The predicted molar refractivity (Wildman–Crippen MR) is 71.7 cm³/mol. The second-order valence-corrected chi connectivity index (χ2v) is 4.41. The molecule has 98 valence electrons. The Labute approximate surface area is 118 Å². The molecular weight excluding hydrogens is 291 g/mol. The first-order valence-electron chi connectivity index (χ1n) is 5.24. The molecule has 2 aromatic rings. The topological polar surface area (TPSA) is 65.3 Å². The second-order valence-electron chi connectivity index (χ2n) is 3.61. The van der Waals surface area contributed by atoms with E-state index in [0.29, 0.717) is 16.6 Å². The molecule has 0 amide bonds. The van der Waals surface area contributed by atoms with Crippen LogP contribution >= 0.6 is 23.2 Å². The van der Waals surface area contributed by atoms with Gasteiger partial charge >= 0.3 is 0 Å². The van der Waals surface area contributed by atoms with Gasteiger partial charge < -0.3 is 4.74 Å². The predicted octanol–water partition coefficient (Wildman–Crippen LogP) is 3.88. The van der Waals surface area contributed by atoms with Crippen molar-refractivity contribution in [3.8, 4) is 5.75 Å². The van der Waals surface area contributed by atoms with Gasteiger partial charge in [-0.05, 0) is 18.2 Å². The van der Waals surface area contributed by atoms with E-state index in [1.54, 1.807) is 18.2 Å². The van der Waals surface area contributed by atoms with Crippen LogP contribution in [0.1, 0.15) is 5.69 Å². The van der Waals surface area contributed by atoms with Crippen LogP contribution in [0.15, 0.2) is 36.4 Å². The Morgan fingerprint density at radius 2 is 2.05 bits per heavy atom. The molecule has 1 aromatic heterocycles. The summed E-state index contributed by atoms with van der Waals surface area (Å²) in [6.45, 7) is 0.179. The average Bonchev–Trinajstić information content (AvgIpc) is 2.37. The minimum absolute atomic E-state index is 0.0850. The van der Waals surface area contributed by atoms with Gasteiger partial charge in [0.25, 0.3) is 5.69 Å². The quantitative estimate of drug-likeness (QED) is 0.488. The number of rotatable bonds is 4. The van der Waals surface area contributed by atoms with Crippen LogP contribution in [-0.2, 0) is 6.61 Å². The Morgan fingerprint density at radius 3 is 2.68 bits per heavy atom. The highest BCUT2D eigenvalue weighted by molar-refractivity contribution is 6.32. The van der Waals surface area contributed by atoms with Crippen LogP contribution in [0.2, 0.25) is 10.2 Å². The number of hydrogen-bond acceptors (Lipinski definition) is 4. The summed E-state index contributed by atoms with van der Waals surface area (Å²) in [7, 11) is 0. The van der Waals surface area contributed by atoms with Crippen molar-refractivity contribution in [1.29, 1.82) is 0 Å². The first-order chi connectivity index (χ1) is 9.06. The summed E-state index contributed by atoms with van der Waals surface area (Å²) >= 11 is 11.6. The van der Waals surface area contributed by atoms with Crippen LogP contribution < -0.4 is 4.74 Å². The van der Waals surface area contributed by atoms with Gasteiger partial charge in [0.15, 0.2) is 0 Å². The average molecular weight is 299 g/mol. The number of non-ortho nitro benzene ring substituents is 1. The van der Waals surface area contributed by atoms with Crippen molar-refractivity contribution >= 4 is 28.9 Å². The van der Waals surface area contributed by atoms with E-state index in [9.17, 15) is 10.1 Å². The van der Waals surface area contributed by atoms with Gasteiger partial charge in [0.05, 0.1) is 15.6 Å². The van der Waals surface area contributed by atoms with Gasteiger partial charge in [-0.1, -0.05) is 29.3 Å². The molecule has 0 aliphatic heterocycles. The Balaban J connectivity index is 2.10.